The molecule has 1 heterocycles. The highest BCUT2D eigenvalue weighted by Gasteiger charge is 2.57. The molecule has 1 aliphatic rings. The Balaban J connectivity index is 1.62. The van der Waals surface area contributed by atoms with Crippen molar-refractivity contribution in [3.8, 4) is 17.2 Å². The van der Waals surface area contributed by atoms with Crippen molar-refractivity contribution in [1.82, 2.24) is 5.32 Å². The molecule has 0 saturated heterocycles. The second kappa shape index (κ2) is 9.16. The van der Waals surface area contributed by atoms with Gasteiger partial charge in [-0.1, -0.05) is 24.3 Å². The molecular formula is C21H20F3NO8. The first-order valence-corrected chi connectivity index (χ1v) is 9.65. The predicted molar refractivity (Wildman–Crippen MR) is 105 cm³/mol. The summed E-state index contributed by atoms with van der Waals surface area (Å²) in [5.74, 6) is -7.08. The number of carboxylic acid groups (broad SMARTS) is 2. The van der Waals surface area contributed by atoms with Crippen LogP contribution in [0.2, 0.25) is 0 Å². The number of halogens is 3. The molecule has 3 rings (SSSR count). The third-order valence-corrected chi connectivity index (χ3v) is 4.78. The molecule has 178 valence electrons. The molecule has 12 heteroatoms. The molecule has 0 aromatic heterocycles. The monoisotopic (exact) mass is 471 g/mol. The van der Waals surface area contributed by atoms with Gasteiger partial charge in [0.05, 0.1) is 6.10 Å². The minimum atomic E-state index is -4.89. The van der Waals surface area contributed by atoms with Crippen molar-refractivity contribution in [1.29, 1.82) is 0 Å². The summed E-state index contributed by atoms with van der Waals surface area (Å²) in [6.07, 6.45) is -5.83. The summed E-state index contributed by atoms with van der Waals surface area (Å²) in [7, 11) is 0. The summed E-state index contributed by atoms with van der Waals surface area (Å²) < 4.78 is 51.7. The Hall–Kier alpha value is -3.51. The van der Waals surface area contributed by atoms with Crippen molar-refractivity contribution >= 4 is 11.9 Å². The molecule has 2 aromatic carbocycles. The third kappa shape index (κ3) is 5.46. The van der Waals surface area contributed by atoms with Gasteiger partial charge in [-0.05, 0) is 37.1 Å². The minimum absolute atomic E-state index is 0.0312. The summed E-state index contributed by atoms with van der Waals surface area (Å²) in [5.41, 5.74) is 0.607. The molecule has 4 N–H and O–H groups in total. The molecule has 0 unspecified atom stereocenters. The van der Waals surface area contributed by atoms with Crippen molar-refractivity contribution in [2.75, 3.05) is 6.54 Å². The van der Waals surface area contributed by atoms with E-state index >= 15 is 0 Å². The average Bonchev–Trinajstić information content (AvgIpc) is 3.12. The van der Waals surface area contributed by atoms with E-state index in [1.54, 1.807) is 13.0 Å². The number of aliphatic hydroxyl groups excluding tert-OH is 1. The molecule has 2 aromatic rings. The van der Waals surface area contributed by atoms with E-state index in [1.165, 1.54) is 30.3 Å². The van der Waals surface area contributed by atoms with Crippen molar-refractivity contribution in [3.05, 3.63) is 53.6 Å². The van der Waals surface area contributed by atoms with Crippen LogP contribution in [0.4, 0.5) is 13.2 Å². The van der Waals surface area contributed by atoms with E-state index in [-0.39, 0.29) is 29.6 Å². The van der Waals surface area contributed by atoms with Gasteiger partial charge in [0.1, 0.15) is 5.75 Å². The highest BCUT2D eigenvalue weighted by atomic mass is 19.4. The highest BCUT2D eigenvalue weighted by Crippen LogP contribution is 2.40. The van der Waals surface area contributed by atoms with Gasteiger partial charge in [0.25, 0.3) is 0 Å². The minimum Gasteiger partial charge on any atom is -0.475 e. The molecule has 9 nitrogen and oxygen atoms in total. The zero-order chi connectivity index (χ0) is 24.4. The van der Waals surface area contributed by atoms with Crippen LogP contribution < -0.4 is 19.5 Å². The van der Waals surface area contributed by atoms with Crippen LogP contribution in [-0.4, -0.2) is 52.0 Å². The number of benzene rings is 2. The van der Waals surface area contributed by atoms with E-state index < -0.39 is 35.9 Å². The maximum Gasteiger partial charge on any atom is 0.573 e. The Morgan fingerprint density at radius 3 is 2.36 bits per heavy atom. The standard InChI is InChI=1S/C21H20F3NO8/c1-11(25-10-14(26)13-4-2-3-5-15(13)33-21(22,23)24)8-12-6-7-16-17(9-12)32-20(31-16,18(27)28)19(29)30/h2-7,9,11,14,25-26H,8,10H2,1H3,(H,27,28)(H,29,30)/t11-,14-/m0/s1. The number of aliphatic hydroxyl groups is 1. The second-order valence-electron chi connectivity index (χ2n) is 7.33. The van der Waals surface area contributed by atoms with E-state index in [9.17, 15) is 38.1 Å². The van der Waals surface area contributed by atoms with Gasteiger partial charge < -0.3 is 34.8 Å². The first kappa shape index (κ1) is 24.1. The molecule has 0 fully saturated rings. The van der Waals surface area contributed by atoms with Gasteiger partial charge in [0.2, 0.25) is 0 Å². The summed E-state index contributed by atoms with van der Waals surface area (Å²) in [6.45, 7) is 1.68. The number of carboxylic acids is 2. The third-order valence-electron chi connectivity index (χ3n) is 4.78. The molecule has 0 spiro atoms. The van der Waals surface area contributed by atoms with Gasteiger partial charge in [-0.25, -0.2) is 9.59 Å². The van der Waals surface area contributed by atoms with Crippen molar-refractivity contribution in [2.45, 2.75) is 37.6 Å². The van der Waals surface area contributed by atoms with Crippen LogP contribution in [0.15, 0.2) is 42.5 Å². The van der Waals surface area contributed by atoms with E-state index in [2.05, 4.69) is 10.1 Å². The SMILES string of the molecule is C[C@@H](Cc1ccc2c(c1)OC(C(=O)O)(C(=O)O)O2)NC[C@H](O)c1ccccc1OC(F)(F)F. The summed E-state index contributed by atoms with van der Waals surface area (Å²) in [4.78, 5) is 22.7. The smallest absolute Gasteiger partial charge is 0.475 e. The molecule has 1 aliphatic heterocycles. The molecule has 0 bridgehead atoms. The maximum absolute atomic E-state index is 12.6. The Bertz CT molecular complexity index is 1030. The van der Waals surface area contributed by atoms with Gasteiger partial charge in [0.15, 0.2) is 11.5 Å². The number of hydrogen-bond donors (Lipinski definition) is 4. The zero-order valence-electron chi connectivity index (χ0n) is 17.1. The summed E-state index contributed by atoms with van der Waals surface area (Å²) >= 11 is 0. The van der Waals surface area contributed by atoms with E-state index in [0.717, 1.165) is 6.07 Å². The Morgan fingerprint density at radius 1 is 1.09 bits per heavy atom. The number of hydrogen-bond acceptors (Lipinski definition) is 7. The number of para-hydroxylation sites is 1. The second-order valence-corrected chi connectivity index (χ2v) is 7.33. The number of nitrogens with one attached hydrogen (secondary N) is 1. The van der Waals surface area contributed by atoms with Crippen molar-refractivity contribution in [2.24, 2.45) is 0 Å². The molecule has 33 heavy (non-hydrogen) atoms. The van der Waals surface area contributed by atoms with Gasteiger partial charge in [-0.3, -0.25) is 0 Å². The predicted octanol–water partition coefficient (Wildman–Crippen LogP) is 2.48. The van der Waals surface area contributed by atoms with E-state index in [4.69, 9.17) is 9.47 Å². The fourth-order valence-corrected chi connectivity index (χ4v) is 3.26. The van der Waals surface area contributed by atoms with Gasteiger partial charge in [-0.15, -0.1) is 13.2 Å². The highest BCUT2D eigenvalue weighted by molar-refractivity contribution is 6.01. The summed E-state index contributed by atoms with van der Waals surface area (Å²) in [5, 5.41) is 31.7. The van der Waals surface area contributed by atoms with Crippen LogP contribution in [0.25, 0.3) is 0 Å². The Kier molecular flexibility index (Phi) is 6.70. The van der Waals surface area contributed by atoms with Gasteiger partial charge in [-0.2, -0.15) is 0 Å². The number of aliphatic carboxylic acids is 2. The average molecular weight is 471 g/mol. The van der Waals surface area contributed by atoms with Crippen LogP contribution in [0.3, 0.4) is 0 Å². The Morgan fingerprint density at radius 2 is 1.73 bits per heavy atom. The molecular weight excluding hydrogens is 451 g/mol. The van der Waals surface area contributed by atoms with Gasteiger partial charge >= 0.3 is 24.1 Å². The quantitative estimate of drug-likeness (QED) is 0.407. The normalized spacial score (nSPS) is 16.2. The fourth-order valence-electron chi connectivity index (χ4n) is 3.26. The largest absolute Gasteiger partial charge is 0.573 e. The fraction of sp³-hybridized carbons (Fsp3) is 0.333. The number of carbonyl (C=O) groups is 2. The van der Waals surface area contributed by atoms with Crippen LogP contribution in [-0.2, 0) is 16.0 Å². The van der Waals surface area contributed by atoms with Crippen molar-refractivity contribution < 1.29 is 52.3 Å². The lowest BCUT2D eigenvalue weighted by atomic mass is 10.0. The number of alkyl halides is 3. The van der Waals surface area contributed by atoms with Crippen LogP contribution >= 0.6 is 0 Å². The molecule has 0 radical (unpaired) electrons. The lowest BCUT2D eigenvalue weighted by molar-refractivity contribution is -0.275. The topological polar surface area (TPSA) is 135 Å². The van der Waals surface area contributed by atoms with E-state index in [0.29, 0.717) is 12.0 Å². The van der Waals surface area contributed by atoms with Crippen LogP contribution in [0.5, 0.6) is 17.2 Å². The number of fused-ring (bicyclic) bond motifs is 1. The van der Waals surface area contributed by atoms with Gasteiger partial charge in [0, 0.05) is 18.2 Å². The van der Waals surface area contributed by atoms with Crippen molar-refractivity contribution in [3.63, 3.8) is 0 Å². The van der Waals surface area contributed by atoms with Crippen LogP contribution in [0.1, 0.15) is 24.2 Å². The van der Waals surface area contributed by atoms with Crippen LogP contribution in [0, 0.1) is 0 Å². The molecule has 0 saturated carbocycles. The van der Waals surface area contributed by atoms with E-state index in [1.807, 2.05) is 0 Å². The number of rotatable bonds is 9. The summed E-state index contributed by atoms with van der Waals surface area (Å²) in [6, 6.07) is 9.39. The molecule has 0 amide bonds. The zero-order valence-corrected chi connectivity index (χ0v) is 17.1. The Labute approximate surface area is 185 Å². The first-order valence-electron chi connectivity index (χ1n) is 9.65. The number of ether oxygens (including phenoxy) is 3. The maximum atomic E-state index is 12.6. The lowest BCUT2D eigenvalue weighted by Crippen LogP contribution is -2.54. The molecule has 2 atom stereocenters. The lowest BCUT2D eigenvalue weighted by Gasteiger charge is -2.20. The molecule has 0 aliphatic carbocycles. The first-order chi connectivity index (χ1) is 15.4.